The van der Waals surface area contributed by atoms with E-state index in [1.165, 1.54) is 18.4 Å². The monoisotopic (exact) mass is 181 g/mol. The number of allylic oxidation sites excluding steroid dienone is 1. The van der Waals surface area contributed by atoms with Gasteiger partial charge in [-0.15, -0.1) is 0 Å². The van der Waals surface area contributed by atoms with Crippen LogP contribution >= 0.6 is 0 Å². The lowest BCUT2D eigenvalue weighted by atomic mass is 9.98. The molecule has 1 fully saturated rings. The van der Waals surface area contributed by atoms with Gasteiger partial charge in [0.2, 0.25) is 0 Å². The van der Waals surface area contributed by atoms with Crippen molar-refractivity contribution in [1.29, 1.82) is 0 Å². The van der Waals surface area contributed by atoms with Crippen LogP contribution < -0.4 is 5.32 Å². The number of nitrogens with one attached hydrogen (secondary N) is 1. The molecule has 1 nitrogen and oxygen atoms in total. The SMILES string of the molecule is CC(C)=CCNC1CCC(C)C1C. The third-order valence-electron chi connectivity index (χ3n) is 3.36. The standard InChI is InChI=1S/C12H23N/c1-9(2)7-8-13-12-6-5-10(3)11(12)4/h7,10-13H,5-6,8H2,1-4H3. The highest BCUT2D eigenvalue weighted by atomic mass is 14.9. The molecule has 0 aliphatic heterocycles. The van der Waals surface area contributed by atoms with E-state index in [0.717, 1.165) is 24.4 Å². The van der Waals surface area contributed by atoms with E-state index in [0.29, 0.717) is 0 Å². The molecule has 1 saturated carbocycles. The zero-order valence-electron chi connectivity index (χ0n) is 9.43. The summed E-state index contributed by atoms with van der Waals surface area (Å²) in [6.07, 6.45) is 5.03. The Labute approximate surface area is 82.6 Å². The molecular weight excluding hydrogens is 158 g/mol. The van der Waals surface area contributed by atoms with Gasteiger partial charge in [-0.2, -0.15) is 0 Å². The summed E-state index contributed by atoms with van der Waals surface area (Å²) in [6.45, 7) is 10.1. The van der Waals surface area contributed by atoms with Gasteiger partial charge in [0, 0.05) is 12.6 Å². The molecule has 13 heavy (non-hydrogen) atoms. The Morgan fingerprint density at radius 2 is 2.00 bits per heavy atom. The van der Waals surface area contributed by atoms with Crippen LogP contribution in [0.25, 0.3) is 0 Å². The lowest BCUT2D eigenvalue weighted by molar-refractivity contribution is 0.380. The van der Waals surface area contributed by atoms with Crippen molar-refractivity contribution in [2.75, 3.05) is 6.54 Å². The van der Waals surface area contributed by atoms with Crippen LogP contribution in [0.4, 0.5) is 0 Å². The predicted octanol–water partition coefficient (Wildman–Crippen LogP) is 2.98. The molecular formula is C12H23N. The average Bonchev–Trinajstić information content (AvgIpc) is 2.35. The van der Waals surface area contributed by atoms with Crippen LogP contribution in [0.15, 0.2) is 11.6 Å². The molecule has 0 heterocycles. The van der Waals surface area contributed by atoms with Gasteiger partial charge in [0.25, 0.3) is 0 Å². The fraction of sp³-hybridized carbons (Fsp3) is 0.833. The molecule has 3 atom stereocenters. The molecule has 0 aromatic rings. The van der Waals surface area contributed by atoms with Crippen LogP contribution in [-0.2, 0) is 0 Å². The van der Waals surface area contributed by atoms with Gasteiger partial charge in [0.1, 0.15) is 0 Å². The highest BCUT2D eigenvalue weighted by Gasteiger charge is 2.28. The summed E-state index contributed by atoms with van der Waals surface area (Å²) < 4.78 is 0. The number of rotatable bonds is 3. The molecule has 0 saturated heterocycles. The molecule has 0 bridgehead atoms. The first-order valence-corrected chi connectivity index (χ1v) is 5.48. The summed E-state index contributed by atoms with van der Waals surface area (Å²) in [7, 11) is 0. The largest absolute Gasteiger partial charge is 0.310 e. The smallest absolute Gasteiger partial charge is 0.0140 e. The first kappa shape index (κ1) is 10.8. The molecule has 1 rings (SSSR count). The Hall–Kier alpha value is -0.300. The first-order valence-electron chi connectivity index (χ1n) is 5.48. The van der Waals surface area contributed by atoms with E-state index in [1.54, 1.807) is 0 Å². The summed E-state index contributed by atoms with van der Waals surface area (Å²) in [4.78, 5) is 0. The van der Waals surface area contributed by atoms with Crippen molar-refractivity contribution in [2.45, 2.75) is 46.6 Å². The minimum Gasteiger partial charge on any atom is -0.310 e. The second kappa shape index (κ2) is 4.80. The second-order valence-corrected chi connectivity index (χ2v) is 4.71. The lowest BCUT2D eigenvalue weighted by Gasteiger charge is -2.18. The van der Waals surface area contributed by atoms with Crippen LogP contribution in [0.1, 0.15) is 40.5 Å². The van der Waals surface area contributed by atoms with Gasteiger partial charge in [0.15, 0.2) is 0 Å². The van der Waals surface area contributed by atoms with Gasteiger partial charge in [-0.25, -0.2) is 0 Å². The lowest BCUT2D eigenvalue weighted by Crippen LogP contribution is -2.32. The van der Waals surface area contributed by atoms with Crippen molar-refractivity contribution in [2.24, 2.45) is 11.8 Å². The Morgan fingerprint density at radius 1 is 1.31 bits per heavy atom. The first-order chi connectivity index (χ1) is 6.11. The van der Waals surface area contributed by atoms with E-state index in [2.05, 4.69) is 39.1 Å². The van der Waals surface area contributed by atoms with Crippen molar-refractivity contribution >= 4 is 0 Å². The van der Waals surface area contributed by atoms with Crippen LogP contribution in [-0.4, -0.2) is 12.6 Å². The third kappa shape index (κ3) is 3.15. The zero-order chi connectivity index (χ0) is 9.84. The van der Waals surface area contributed by atoms with Crippen molar-refractivity contribution in [3.63, 3.8) is 0 Å². The van der Waals surface area contributed by atoms with E-state index in [4.69, 9.17) is 0 Å². The highest BCUT2D eigenvalue weighted by molar-refractivity contribution is 4.96. The van der Waals surface area contributed by atoms with Crippen molar-refractivity contribution in [3.8, 4) is 0 Å². The van der Waals surface area contributed by atoms with Gasteiger partial charge in [-0.1, -0.05) is 25.5 Å². The van der Waals surface area contributed by atoms with E-state index in [1.807, 2.05) is 0 Å². The van der Waals surface area contributed by atoms with Crippen molar-refractivity contribution < 1.29 is 0 Å². The molecule has 1 aliphatic rings. The highest BCUT2D eigenvalue weighted by Crippen LogP contribution is 2.30. The number of hydrogen-bond acceptors (Lipinski definition) is 1. The Bertz CT molecular complexity index is 180. The summed E-state index contributed by atoms with van der Waals surface area (Å²) in [6, 6.07) is 0.755. The van der Waals surface area contributed by atoms with Crippen molar-refractivity contribution in [1.82, 2.24) is 5.32 Å². The molecule has 1 aliphatic carbocycles. The summed E-state index contributed by atoms with van der Waals surface area (Å²) >= 11 is 0. The van der Waals surface area contributed by atoms with Gasteiger partial charge in [-0.3, -0.25) is 0 Å². The normalized spacial score (nSPS) is 33.4. The maximum absolute atomic E-state index is 3.62. The molecule has 1 N–H and O–H groups in total. The third-order valence-corrected chi connectivity index (χ3v) is 3.36. The summed E-state index contributed by atoms with van der Waals surface area (Å²) in [5, 5.41) is 3.62. The van der Waals surface area contributed by atoms with E-state index in [-0.39, 0.29) is 0 Å². The van der Waals surface area contributed by atoms with E-state index >= 15 is 0 Å². The van der Waals surface area contributed by atoms with Gasteiger partial charge in [-0.05, 0) is 38.5 Å². The predicted molar refractivity (Wildman–Crippen MR) is 58.8 cm³/mol. The van der Waals surface area contributed by atoms with Crippen LogP contribution in [0.3, 0.4) is 0 Å². The quantitative estimate of drug-likeness (QED) is 0.660. The maximum atomic E-state index is 3.62. The van der Waals surface area contributed by atoms with Gasteiger partial charge < -0.3 is 5.32 Å². The molecule has 3 unspecified atom stereocenters. The Morgan fingerprint density at radius 3 is 2.46 bits per heavy atom. The van der Waals surface area contributed by atoms with Crippen LogP contribution in [0.5, 0.6) is 0 Å². The molecule has 0 aromatic heterocycles. The van der Waals surface area contributed by atoms with Gasteiger partial charge >= 0.3 is 0 Å². The Balaban J connectivity index is 2.26. The molecule has 0 spiro atoms. The van der Waals surface area contributed by atoms with Crippen LogP contribution in [0, 0.1) is 11.8 Å². The Kier molecular flexibility index (Phi) is 3.98. The second-order valence-electron chi connectivity index (χ2n) is 4.71. The average molecular weight is 181 g/mol. The minimum absolute atomic E-state index is 0.755. The fourth-order valence-electron chi connectivity index (χ4n) is 2.07. The topological polar surface area (TPSA) is 12.0 Å². The van der Waals surface area contributed by atoms with E-state index in [9.17, 15) is 0 Å². The summed E-state index contributed by atoms with van der Waals surface area (Å²) in [5.74, 6) is 1.76. The van der Waals surface area contributed by atoms with Gasteiger partial charge in [0.05, 0.1) is 0 Å². The minimum atomic E-state index is 0.755. The zero-order valence-corrected chi connectivity index (χ0v) is 9.43. The molecule has 0 radical (unpaired) electrons. The van der Waals surface area contributed by atoms with E-state index < -0.39 is 0 Å². The molecule has 0 aromatic carbocycles. The summed E-state index contributed by atoms with van der Waals surface area (Å²) in [5.41, 5.74) is 1.41. The maximum Gasteiger partial charge on any atom is 0.0140 e. The molecule has 0 amide bonds. The molecule has 76 valence electrons. The number of hydrogen-bond donors (Lipinski definition) is 1. The van der Waals surface area contributed by atoms with Crippen molar-refractivity contribution in [3.05, 3.63) is 11.6 Å². The fourth-order valence-corrected chi connectivity index (χ4v) is 2.07. The molecule has 1 heteroatoms. The van der Waals surface area contributed by atoms with Crippen LogP contribution in [0.2, 0.25) is 0 Å².